The van der Waals surface area contributed by atoms with Gasteiger partial charge in [-0.1, -0.05) is 30.0 Å². The lowest BCUT2D eigenvalue weighted by Gasteiger charge is -2.15. The van der Waals surface area contributed by atoms with E-state index in [9.17, 15) is 5.11 Å². The molecule has 4 heteroatoms. The number of aliphatic hydroxyl groups is 1. The standard InChI is InChI=1S/C14H18O3S/c1-14(2)16-12(13(10-15)17-14)8-9-18-11-6-4-3-5-7-11/h3-9,12-13,15H,10H2,1-2H3/b9-8+/t12-,13+/m0/s1. The average Bonchev–Trinajstić information content (AvgIpc) is 2.65. The van der Waals surface area contributed by atoms with E-state index in [2.05, 4.69) is 12.1 Å². The summed E-state index contributed by atoms with van der Waals surface area (Å²) in [5, 5.41) is 11.2. The first-order valence-electron chi connectivity index (χ1n) is 5.95. The summed E-state index contributed by atoms with van der Waals surface area (Å²) in [6.07, 6.45) is 1.46. The normalized spacial score (nSPS) is 26.8. The van der Waals surface area contributed by atoms with Crippen LogP contribution in [0.2, 0.25) is 0 Å². The lowest BCUT2D eigenvalue weighted by molar-refractivity contribution is -0.146. The molecule has 0 amide bonds. The first-order valence-corrected chi connectivity index (χ1v) is 6.83. The highest BCUT2D eigenvalue weighted by molar-refractivity contribution is 8.02. The van der Waals surface area contributed by atoms with Gasteiger partial charge in [-0.3, -0.25) is 0 Å². The molecule has 2 atom stereocenters. The summed E-state index contributed by atoms with van der Waals surface area (Å²) in [6.45, 7) is 3.68. The van der Waals surface area contributed by atoms with Crippen molar-refractivity contribution in [3.05, 3.63) is 41.8 Å². The van der Waals surface area contributed by atoms with Gasteiger partial charge >= 0.3 is 0 Å². The summed E-state index contributed by atoms with van der Waals surface area (Å²) in [4.78, 5) is 1.17. The van der Waals surface area contributed by atoms with Gasteiger partial charge < -0.3 is 14.6 Å². The van der Waals surface area contributed by atoms with Gasteiger partial charge in [-0.05, 0) is 37.5 Å². The number of aliphatic hydroxyl groups excluding tert-OH is 1. The van der Waals surface area contributed by atoms with Gasteiger partial charge in [0, 0.05) is 4.90 Å². The van der Waals surface area contributed by atoms with Crippen LogP contribution in [-0.4, -0.2) is 29.7 Å². The largest absolute Gasteiger partial charge is 0.394 e. The second-order valence-corrected chi connectivity index (χ2v) is 5.56. The van der Waals surface area contributed by atoms with Crippen LogP contribution >= 0.6 is 11.8 Å². The first kappa shape index (κ1) is 13.6. The van der Waals surface area contributed by atoms with Gasteiger partial charge in [-0.2, -0.15) is 0 Å². The van der Waals surface area contributed by atoms with E-state index in [0.717, 1.165) is 0 Å². The van der Waals surface area contributed by atoms with Crippen molar-refractivity contribution in [1.29, 1.82) is 0 Å². The van der Waals surface area contributed by atoms with Crippen molar-refractivity contribution in [2.24, 2.45) is 0 Å². The fourth-order valence-electron chi connectivity index (χ4n) is 1.86. The van der Waals surface area contributed by atoms with Crippen LogP contribution in [-0.2, 0) is 9.47 Å². The highest BCUT2D eigenvalue weighted by atomic mass is 32.2. The molecule has 0 unspecified atom stereocenters. The second kappa shape index (κ2) is 5.89. The topological polar surface area (TPSA) is 38.7 Å². The van der Waals surface area contributed by atoms with E-state index < -0.39 is 5.79 Å². The predicted octanol–water partition coefficient (Wildman–Crippen LogP) is 2.80. The molecule has 1 aromatic rings. The summed E-state index contributed by atoms with van der Waals surface area (Å²) in [6, 6.07) is 10.1. The molecule has 0 aromatic heterocycles. The summed E-state index contributed by atoms with van der Waals surface area (Å²) in [7, 11) is 0. The molecular weight excluding hydrogens is 248 g/mol. The molecule has 0 spiro atoms. The average molecular weight is 266 g/mol. The van der Waals surface area contributed by atoms with Crippen LogP contribution in [0, 0.1) is 0 Å². The van der Waals surface area contributed by atoms with E-state index in [1.165, 1.54) is 4.90 Å². The van der Waals surface area contributed by atoms with Crippen LogP contribution in [0.5, 0.6) is 0 Å². The third kappa shape index (κ3) is 3.59. The molecule has 1 aliphatic rings. The van der Waals surface area contributed by atoms with Gasteiger partial charge in [0.05, 0.1) is 6.61 Å². The number of rotatable bonds is 4. The Morgan fingerprint density at radius 3 is 2.67 bits per heavy atom. The predicted molar refractivity (Wildman–Crippen MR) is 72.3 cm³/mol. The second-order valence-electron chi connectivity index (χ2n) is 4.58. The molecule has 1 saturated heterocycles. The molecule has 1 heterocycles. The fraction of sp³-hybridized carbons (Fsp3) is 0.429. The highest BCUT2D eigenvalue weighted by Crippen LogP contribution is 2.29. The molecule has 0 radical (unpaired) electrons. The Kier molecular flexibility index (Phi) is 4.45. The minimum atomic E-state index is -0.625. The number of hydrogen-bond acceptors (Lipinski definition) is 4. The number of thioether (sulfide) groups is 1. The Bertz CT molecular complexity index is 403. The number of benzene rings is 1. The van der Waals surface area contributed by atoms with Crippen molar-refractivity contribution >= 4 is 11.8 Å². The Morgan fingerprint density at radius 1 is 1.28 bits per heavy atom. The minimum Gasteiger partial charge on any atom is -0.394 e. The zero-order valence-electron chi connectivity index (χ0n) is 10.6. The molecule has 98 valence electrons. The Hall–Kier alpha value is -0.810. The van der Waals surface area contributed by atoms with Crippen molar-refractivity contribution < 1.29 is 14.6 Å². The van der Waals surface area contributed by atoms with Crippen molar-refractivity contribution in [2.45, 2.75) is 36.7 Å². The van der Waals surface area contributed by atoms with Crippen molar-refractivity contribution in [1.82, 2.24) is 0 Å². The summed E-state index contributed by atoms with van der Waals surface area (Å²) < 4.78 is 11.3. The molecule has 2 rings (SSSR count). The molecule has 1 N–H and O–H groups in total. The zero-order valence-corrected chi connectivity index (χ0v) is 11.4. The van der Waals surface area contributed by atoms with E-state index in [-0.39, 0.29) is 18.8 Å². The Morgan fingerprint density at radius 2 is 2.00 bits per heavy atom. The zero-order chi connectivity index (χ0) is 13.0. The van der Waals surface area contributed by atoms with E-state index in [1.54, 1.807) is 11.8 Å². The maximum absolute atomic E-state index is 9.24. The maximum atomic E-state index is 9.24. The summed E-state index contributed by atoms with van der Waals surface area (Å²) in [5.41, 5.74) is 0. The molecule has 1 fully saturated rings. The van der Waals surface area contributed by atoms with Crippen molar-refractivity contribution in [3.8, 4) is 0 Å². The smallest absolute Gasteiger partial charge is 0.164 e. The van der Waals surface area contributed by atoms with Gasteiger partial charge in [-0.15, -0.1) is 0 Å². The molecule has 0 saturated carbocycles. The first-order chi connectivity index (χ1) is 8.61. The van der Waals surface area contributed by atoms with Gasteiger partial charge in [0.1, 0.15) is 12.2 Å². The molecule has 18 heavy (non-hydrogen) atoms. The number of hydrogen-bond donors (Lipinski definition) is 1. The van der Waals surface area contributed by atoms with Crippen LogP contribution in [0.15, 0.2) is 46.7 Å². The van der Waals surface area contributed by atoms with E-state index in [4.69, 9.17) is 9.47 Å². The lowest BCUT2D eigenvalue weighted by atomic mass is 10.2. The quantitative estimate of drug-likeness (QED) is 0.851. The molecule has 0 aliphatic carbocycles. The summed E-state index contributed by atoms with van der Waals surface area (Å²) >= 11 is 1.62. The van der Waals surface area contributed by atoms with E-state index in [0.29, 0.717) is 0 Å². The molecule has 1 aliphatic heterocycles. The third-order valence-corrected chi connectivity index (χ3v) is 3.45. The van der Waals surface area contributed by atoms with Gasteiger partial charge in [0.25, 0.3) is 0 Å². The SMILES string of the molecule is CC1(C)O[C@@H](/C=C/Sc2ccccc2)[C@@H](CO)O1. The molecular formula is C14H18O3S. The van der Waals surface area contributed by atoms with Crippen LogP contribution in [0.4, 0.5) is 0 Å². The van der Waals surface area contributed by atoms with Crippen LogP contribution < -0.4 is 0 Å². The minimum absolute atomic E-state index is 0.0333. The van der Waals surface area contributed by atoms with Crippen LogP contribution in [0.1, 0.15) is 13.8 Å². The molecule has 3 nitrogen and oxygen atoms in total. The third-order valence-electron chi connectivity index (χ3n) is 2.62. The monoisotopic (exact) mass is 266 g/mol. The van der Waals surface area contributed by atoms with Crippen molar-refractivity contribution in [2.75, 3.05) is 6.61 Å². The molecule has 1 aromatic carbocycles. The maximum Gasteiger partial charge on any atom is 0.164 e. The van der Waals surface area contributed by atoms with E-state index in [1.807, 2.05) is 43.5 Å². The summed E-state index contributed by atoms with van der Waals surface area (Å²) in [5.74, 6) is -0.625. The lowest BCUT2D eigenvalue weighted by Crippen LogP contribution is -2.24. The fourth-order valence-corrected chi connectivity index (χ4v) is 2.57. The molecule has 0 bridgehead atoms. The van der Waals surface area contributed by atoms with Crippen LogP contribution in [0.25, 0.3) is 0 Å². The Balaban J connectivity index is 1.93. The van der Waals surface area contributed by atoms with Gasteiger partial charge in [0.15, 0.2) is 5.79 Å². The highest BCUT2D eigenvalue weighted by Gasteiger charge is 2.39. The van der Waals surface area contributed by atoms with Gasteiger partial charge in [-0.25, -0.2) is 0 Å². The van der Waals surface area contributed by atoms with Gasteiger partial charge in [0.2, 0.25) is 0 Å². The van der Waals surface area contributed by atoms with Crippen LogP contribution in [0.3, 0.4) is 0 Å². The van der Waals surface area contributed by atoms with E-state index >= 15 is 0 Å². The van der Waals surface area contributed by atoms with Crippen molar-refractivity contribution in [3.63, 3.8) is 0 Å². The Labute approximate surface area is 112 Å². The number of ether oxygens (including phenoxy) is 2.